The van der Waals surface area contributed by atoms with Crippen molar-refractivity contribution >= 4 is 45.6 Å². The molecular weight excluding hydrogens is 495 g/mol. The van der Waals surface area contributed by atoms with Gasteiger partial charge in [0, 0.05) is 56.0 Å². The van der Waals surface area contributed by atoms with E-state index in [1.807, 2.05) is 24.1 Å². The summed E-state index contributed by atoms with van der Waals surface area (Å²) in [5, 5.41) is 7.36. The lowest BCUT2D eigenvalue weighted by molar-refractivity contribution is -0.128. The first kappa shape index (κ1) is 25.5. The van der Waals surface area contributed by atoms with Crippen LogP contribution >= 0.6 is 11.6 Å². The number of rotatable bonds is 8. The molecular formula is C27H32ClFN6O2. The van der Waals surface area contributed by atoms with E-state index in [4.69, 9.17) is 16.3 Å². The minimum atomic E-state index is -0.422. The zero-order valence-electron chi connectivity index (χ0n) is 21.2. The number of nitrogens with one attached hydrogen (secondary N) is 2. The molecule has 0 aliphatic carbocycles. The Hall–Kier alpha value is -3.17. The van der Waals surface area contributed by atoms with E-state index in [0.29, 0.717) is 34.1 Å². The Morgan fingerprint density at radius 1 is 1.16 bits per heavy atom. The van der Waals surface area contributed by atoms with Gasteiger partial charge in [-0.3, -0.25) is 4.79 Å². The number of nitrogens with zero attached hydrogens (tertiary/aromatic N) is 4. The smallest absolute Gasteiger partial charge is 0.219 e. The molecule has 1 atom stereocenters. The number of fused-ring (bicyclic) bond motifs is 1. The van der Waals surface area contributed by atoms with Gasteiger partial charge in [0.1, 0.15) is 23.7 Å². The Bertz CT molecular complexity index is 1310. The van der Waals surface area contributed by atoms with E-state index in [1.54, 1.807) is 6.92 Å². The van der Waals surface area contributed by atoms with Crippen LogP contribution in [-0.4, -0.2) is 72.1 Å². The van der Waals surface area contributed by atoms with Gasteiger partial charge in [-0.2, -0.15) is 0 Å². The predicted molar refractivity (Wildman–Crippen MR) is 144 cm³/mol. The maximum absolute atomic E-state index is 14.3. The Morgan fingerprint density at radius 3 is 2.78 bits per heavy atom. The first-order valence-corrected chi connectivity index (χ1v) is 13.0. The fraction of sp³-hybridized carbons (Fsp3) is 0.444. The van der Waals surface area contributed by atoms with Gasteiger partial charge in [-0.15, -0.1) is 0 Å². The van der Waals surface area contributed by atoms with E-state index in [0.717, 1.165) is 57.7 Å². The van der Waals surface area contributed by atoms with E-state index in [-0.39, 0.29) is 17.0 Å². The number of likely N-dealkylation sites (tertiary alicyclic amines) is 2. The van der Waals surface area contributed by atoms with Gasteiger partial charge in [0.15, 0.2) is 0 Å². The van der Waals surface area contributed by atoms with Crippen LogP contribution in [0.15, 0.2) is 36.7 Å². The first-order valence-electron chi connectivity index (χ1n) is 12.7. The topological polar surface area (TPSA) is 82.6 Å². The maximum Gasteiger partial charge on any atom is 0.219 e. The summed E-state index contributed by atoms with van der Waals surface area (Å²) >= 11 is 6.05. The second-order valence-corrected chi connectivity index (χ2v) is 10.4. The third-order valence-electron chi connectivity index (χ3n) is 7.46. The van der Waals surface area contributed by atoms with Gasteiger partial charge in [-0.1, -0.05) is 11.6 Å². The number of carbonyl (C=O) groups is 1. The molecule has 2 aromatic carbocycles. The van der Waals surface area contributed by atoms with E-state index >= 15 is 0 Å². The fourth-order valence-corrected chi connectivity index (χ4v) is 5.62. The molecule has 5 rings (SSSR count). The van der Waals surface area contributed by atoms with Crippen LogP contribution < -0.4 is 15.4 Å². The molecule has 0 radical (unpaired) electrons. The van der Waals surface area contributed by atoms with Crippen LogP contribution in [0, 0.1) is 11.2 Å². The number of benzene rings is 2. The molecule has 2 aliphatic rings. The van der Waals surface area contributed by atoms with Gasteiger partial charge in [0.05, 0.1) is 23.5 Å². The van der Waals surface area contributed by atoms with Crippen molar-refractivity contribution in [2.24, 2.45) is 5.41 Å². The molecule has 8 nitrogen and oxygen atoms in total. The lowest BCUT2D eigenvalue weighted by atomic mass is 9.86. The summed E-state index contributed by atoms with van der Waals surface area (Å²) in [4.78, 5) is 24.9. The summed E-state index contributed by atoms with van der Waals surface area (Å²) in [6.45, 7) is 7.05. The van der Waals surface area contributed by atoms with Crippen LogP contribution in [0.25, 0.3) is 10.9 Å². The number of halogens is 2. The van der Waals surface area contributed by atoms with Gasteiger partial charge in [-0.25, -0.2) is 14.4 Å². The van der Waals surface area contributed by atoms with Gasteiger partial charge < -0.3 is 25.2 Å². The van der Waals surface area contributed by atoms with Gasteiger partial charge in [-0.05, 0) is 56.1 Å². The minimum absolute atomic E-state index is 0.181. The summed E-state index contributed by atoms with van der Waals surface area (Å²) in [7, 11) is 1.84. The second kappa shape index (κ2) is 10.7. The van der Waals surface area contributed by atoms with Crippen molar-refractivity contribution < 1.29 is 13.9 Å². The highest BCUT2D eigenvalue weighted by atomic mass is 35.5. The average molecular weight is 527 g/mol. The van der Waals surface area contributed by atoms with Gasteiger partial charge in [0.25, 0.3) is 0 Å². The Kier molecular flexibility index (Phi) is 7.35. The fourth-order valence-electron chi connectivity index (χ4n) is 5.44. The van der Waals surface area contributed by atoms with Crippen LogP contribution in [0.2, 0.25) is 5.02 Å². The van der Waals surface area contributed by atoms with Crippen molar-refractivity contribution in [2.45, 2.75) is 26.2 Å². The van der Waals surface area contributed by atoms with E-state index in [2.05, 4.69) is 25.5 Å². The molecule has 2 aliphatic heterocycles. The summed E-state index contributed by atoms with van der Waals surface area (Å²) in [6.07, 6.45) is 4.57. The molecule has 2 fully saturated rings. The van der Waals surface area contributed by atoms with Crippen LogP contribution in [0.4, 0.5) is 21.6 Å². The molecule has 196 valence electrons. The van der Waals surface area contributed by atoms with Crippen molar-refractivity contribution in [3.8, 4) is 5.75 Å². The van der Waals surface area contributed by atoms with Crippen molar-refractivity contribution in [1.82, 2.24) is 19.8 Å². The Labute approximate surface area is 221 Å². The first-order chi connectivity index (χ1) is 17.9. The molecule has 1 unspecified atom stereocenters. The number of hydrogen-bond acceptors (Lipinski definition) is 7. The van der Waals surface area contributed by atoms with Crippen LogP contribution in [0.5, 0.6) is 5.75 Å². The van der Waals surface area contributed by atoms with E-state index in [9.17, 15) is 9.18 Å². The number of amides is 1. The van der Waals surface area contributed by atoms with Gasteiger partial charge in [0.2, 0.25) is 5.91 Å². The standard InChI is InChI=1S/C27H32ClFN6O2/c1-18(36)35-10-7-27(16-35)6-9-34(15-27)8-3-11-37-25-13-20-22(14-24(25)30-2)31-17-32-26(20)33-23-12-19(28)4-5-21(23)29/h4-5,12-14,17,30H,3,6-11,15-16H2,1-2H3,(H,31,32,33). The molecule has 37 heavy (non-hydrogen) atoms. The molecule has 3 heterocycles. The van der Waals surface area contributed by atoms with Crippen molar-refractivity contribution in [3.05, 3.63) is 47.5 Å². The summed E-state index contributed by atoms with van der Waals surface area (Å²) < 4.78 is 20.5. The third-order valence-corrected chi connectivity index (χ3v) is 7.70. The van der Waals surface area contributed by atoms with E-state index in [1.165, 1.54) is 24.5 Å². The van der Waals surface area contributed by atoms with Crippen molar-refractivity contribution in [2.75, 3.05) is 57.0 Å². The monoisotopic (exact) mass is 526 g/mol. The zero-order chi connectivity index (χ0) is 26.0. The molecule has 0 bridgehead atoms. The van der Waals surface area contributed by atoms with Crippen LogP contribution in [0.1, 0.15) is 26.2 Å². The molecule has 3 aromatic rings. The second-order valence-electron chi connectivity index (χ2n) is 10.0. The number of aromatic nitrogens is 2. The number of hydrogen-bond donors (Lipinski definition) is 2. The highest BCUT2D eigenvalue weighted by molar-refractivity contribution is 6.30. The summed E-state index contributed by atoms with van der Waals surface area (Å²) in [6, 6.07) is 8.12. The summed E-state index contributed by atoms with van der Waals surface area (Å²) in [5.74, 6) is 0.915. The summed E-state index contributed by atoms with van der Waals surface area (Å²) in [5.41, 5.74) is 2.03. The Balaban J connectivity index is 1.23. The van der Waals surface area contributed by atoms with E-state index < -0.39 is 5.82 Å². The molecule has 2 saturated heterocycles. The molecule has 10 heteroatoms. The highest BCUT2D eigenvalue weighted by Crippen LogP contribution is 2.39. The Morgan fingerprint density at radius 2 is 2.00 bits per heavy atom. The lowest BCUT2D eigenvalue weighted by Crippen LogP contribution is -2.33. The molecule has 0 saturated carbocycles. The predicted octanol–water partition coefficient (Wildman–Crippen LogP) is 4.92. The quantitative estimate of drug-likeness (QED) is 0.403. The minimum Gasteiger partial charge on any atom is -0.491 e. The maximum atomic E-state index is 14.3. The number of carbonyl (C=O) groups excluding carboxylic acids is 1. The van der Waals surface area contributed by atoms with Crippen molar-refractivity contribution in [1.29, 1.82) is 0 Å². The van der Waals surface area contributed by atoms with Gasteiger partial charge >= 0.3 is 0 Å². The largest absolute Gasteiger partial charge is 0.491 e. The third kappa shape index (κ3) is 5.57. The normalized spacial score (nSPS) is 19.6. The molecule has 1 aromatic heterocycles. The van der Waals surface area contributed by atoms with Crippen LogP contribution in [0.3, 0.4) is 0 Å². The SMILES string of the molecule is CNc1cc2ncnc(Nc3cc(Cl)ccc3F)c2cc1OCCCN1CCC2(CCN(C(C)=O)C2)C1. The zero-order valence-corrected chi connectivity index (χ0v) is 21.9. The van der Waals surface area contributed by atoms with Crippen molar-refractivity contribution in [3.63, 3.8) is 0 Å². The highest BCUT2D eigenvalue weighted by Gasteiger charge is 2.43. The average Bonchev–Trinajstić information content (AvgIpc) is 3.50. The van der Waals surface area contributed by atoms with Crippen LogP contribution in [-0.2, 0) is 4.79 Å². The molecule has 2 N–H and O–H groups in total. The molecule has 1 spiro atoms. The lowest BCUT2D eigenvalue weighted by Gasteiger charge is -2.24. The molecule has 1 amide bonds. The number of anilines is 3. The number of ether oxygens (including phenoxy) is 1.